The number of pyridine rings is 1. The zero-order valence-corrected chi connectivity index (χ0v) is 14.4. The fraction of sp³-hybridized carbons (Fsp3) is 0.111. The van der Waals surface area contributed by atoms with Crippen molar-refractivity contribution < 1.29 is 9.59 Å². The van der Waals surface area contributed by atoms with E-state index >= 15 is 0 Å². The van der Waals surface area contributed by atoms with Crippen LogP contribution in [-0.4, -0.2) is 26.7 Å². The van der Waals surface area contributed by atoms with Gasteiger partial charge in [0.1, 0.15) is 0 Å². The minimum atomic E-state index is -0.657. The number of nitrogens with one attached hydrogen (secondary N) is 2. The average molecular weight is 350 g/mol. The van der Waals surface area contributed by atoms with Gasteiger partial charge in [-0.05, 0) is 56.3 Å². The van der Waals surface area contributed by atoms with E-state index in [2.05, 4.69) is 20.7 Å². The third kappa shape index (κ3) is 3.86. The number of amides is 3. The molecule has 0 aliphatic heterocycles. The predicted octanol–water partition coefficient (Wildman–Crippen LogP) is 2.63. The standard InChI is InChI=1S/C18H18N6O2/c1-11-9-12(2)24(23-11)16-8-7-15(10-20-16)21-17(25)13-3-5-14(6-4-13)22-18(19)26/h3-10H,1-2H3,(H,21,25)(H3,19,22,26). The van der Waals surface area contributed by atoms with E-state index in [0.29, 0.717) is 22.8 Å². The molecule has 0 atom stereocenters. The third-order valence-corrected chi connectivity index (χ3v) is 3.65. The van der Waals surface area contributed by atoms with Gasteiger partial charge in [0.25, 0.3) is 5.91 Å². The van der Waals surface area contributed by atoms with Crippen molar-refractivity contribution in [3.63, 3.8) is 0 Å². The molecule has 0 radical (unpaired) electrons. The van der Waals surface area contributed by atoms with E-state index in [0.717, 1.165) is 11.4 Å². The molecule has 132 valence electrons. The number of nitrogens with two attached hydrogens (primary N) is 1. The van der Waals surface area contributed by atoms with Gasteiger partial charge in [-0.25, -0.2) is 14.5 Å². The number of anilines is 2. The molecular weight excluding hydrogens is 332 g/mol. The van der Waals surface area contributed by atoms with Crippen LogP contribution in [0.25, 0.3) is 5.82 Å². The lowest BCUT2D eigenvalue weighted by atomic mass is 10.2. The quantitative estimate of drug-likeness (QED) is 0.671. The van der Waals surface area contributed by atoms with E-state index in [1.807, 2.05) is 19.9 Å². The molecule has 2 heterocycles. The molecule has 0 aliphatic carbocycles. The molecule has 0 saturated carbocycles. The molecule has 3 amide bonds. The van der Waals surface area contributed by atoms with Crippen LogP contribution < -0.4 is 16.4 Å². The molecule has 0 aliphatic rings. The number of primary amides is 1. The maximum absolute atomic E-state index is 12.3. The summed E-state index contributed by atoms with van der Waals surface area (Å²) in [4.78, 5) is 27.4. The molecule has 1 aromatic carbocycles. The highest BCUT2D eigenvalue weighted by Crippen LogP contribution is 2.15. The molecule has 26 heavy (non-hydrogen) atoms. The Morgan fingerprint density at radius 1 is 1.00 bits per heavy atom. The van der Waals surface area contributed by atoms with Gasteiger partial charge >= 0.3 is 6.03 Å². The Bertz CT molecular complexity index is 945. The Labute approximate surface area is 150 Å². The third-order valence-electron chi connectivity index (χ3n) is 3.65. The average Bonchev–Trinajstić information content (AvgIpc) is 2.94. The number of carbonyl (C=O) groups excluding carboxylic acids is 2. The summed E-state index contributed by atoms with van der Waals surface area (Å²) in [6, 6.07) is 11.3. The first kappa shape index (κ1) is 17.2. The molecule has 3 aromatic rings. The predicted molar refractivity (Wildman–Crippen MR) is 98.4 cm³/mol. The maximum Gasteiger partial charge on any atom is 0.316 e. The van der Waals surface area contributed by atoms with Gasteiger partial charge in [-0.15, -0.1) is 0 Å². The Hall–Kier alpha value is -3.68. The van der Waals surface area contributed by atoms with Crippen LogP contribution in [0.2, 0.25) is 0 Å². The summed E-state index contributed by atoms with van der Waals surface area (Å²) < 4.78 is 1.74. The van der Waals surface area contributed by atoms with Crippen LogP contribution in [0.3, 0.4) is 0 Å². The molecule has 0 unspecified atom stereocenters. The Balaban J connectivity index is 1.69. The van der Waals surface area contributed by atoms with Gasteiger partial charge < -0.3 is 16.4 Å². The van der Waals surface area contributed by atoms with Crippen molar-refractivity contribution in [3.8, 4) is 5.82 Å². The monoisotopic (exact) mass is 350 g/mol. The number of benzene rings is 1. The molecule has 0 bridgehead atoms. The second kappa shape index (κ2) is 7.06. The molecule has 3 rings (SSSR count). The first-order valence-electron chi connectivity index (χ1n) is 7.90. The number of carbonyl (C=O) groups is 2. The topological polar surface area (TPSA) is 115 Å². The summed E-state index contributed by atoms with van der Waals surface area (Å²) in [5.74, 6) is 0.395. The fourth-order valence-electron chi connectivity index (χ4n) is 2.50. The SMILES string of the molecule is Cc1cc(C)n(-c2ccc(NC(=O)c3ccc(NC(N)=O)cc3)cn2)n1. The lowest BCUT2D eigenvalue weighted by Gasteiger charge is -2.08. The largest absolute Gasteiger partial charge is 0.351 e. The minimum Gasteiger partial charge on any atom is -0.351 e. The van der Waals surface area contributed by atoms with Crippen LogP contribution in [-0.2, 0) is 0 Å². The zero-order valence-electron chi connectivity index (χ0n) is 14.4. The minimum absolute atomic E-state index is 0.281. The number of aromatic nitrogens is 3. The number of hydrogen-bond donors (Lipinski definition) is 3. The Kier molecular flexibility index (Phi) is 4.66. The van der Waals surface area contributed by atoms with Crippen LogP contribution in [0.5, 0.6) is 0 Å². The Morgan fingerprint density at radius 2 is 1.69 bits per heavy atom. The second-order valence-electron chi connectivity index (χ2n) is 5.76. The zero-order chi connectivity index (χ0) is 18.7. The van der Waals surface area contributed by atoms with Gasteiger partial charge in [0, 0.05) is 16.9 Å². The van der Waals surface area contributed by atoms with Gasteiger partial charge in [-0.3, -0.25) is 4.79 Å². The highest BCUT2D eigenvalue weighted by molar-refractivity contribution is 6.04. The summed E-state index contributed by atoms with van der Waals surface area (Å²) in [5.41, 5.74) is 8.48. The number of nitrogens with zero attached hydrogens (tertiary/aromatic N) is 3. The van der Waals surface area contributed by atoms with Gasteiger partial charge in [0.05, 0.1) is 17.6 Å². The molecule has 4 N–H and O–H groups in total. The summed E-state index contributed by atoms with van der Waals surface area (Å²) in [6.07, 6.45) is 1.58. The van der Waals surface area contributed by atoms with Crippen LogP contribution >= 0.6 is 0 Å². The van der Waals surface area contributed by atoms with Crippen LogP contribution in [0, 0.1) is 13.8 Å². The molecule has 0 saturated heterocycles. The van der Waals surface area contributed by atoms with E-state index < -0.39 is 6.03 Å². The summed E-state index contributed by atoms with van der Waals surface area (Å²) in [5, 5.41) is 9.59. The van der Waals surface area contributed by atoms with Crippen LogP contribution in [0.4, 0.5) is 16.2 Å². The van der Waals surface area contributed by atoms with E-state index in [1.54, 1.807) is 47.3 Å². The normalized spacial score (nSPS) is 10.4. The molecular formula is C18H18N6O2. The first-order chi connectivity index (χ1) is 12.4. The number of urea groups is 1. The van der Waals surface area contributed by atoms with E-state index in [9.17, 15) is 9.59 Å². The smallest absolute Gasteiger partial charge is 0.316 e. The highest BCUT2D eigenvalue weighted by Gasteiger charge is 2.08. The van der Waals surface area contributed by atoms with Crippen molar-refractivity contribution in [2.24, 2.45) is 5.73 Å². The molecule has 0 fully saturated rings. The summed E-state index contributed by atoms with van der Waals surface area (Å²) in [6.45, 7) is 3.87. The number of aryl methyl sites for hydroxylation is 2. The summed E-state index contributed by atoms with van der Waals surface area (Å²) in [7, 11) is 0. The number of hydrogen-bond acceptors (Lipinski definition) is 4. The van der Waals surface area contributed by atoms with Crippen molar-refractivity contribution in [1.29, 1.82) is 0 Å². The lowest BCUT2D eigenvalue weighted by Crippen LogP contribution is -2.19. The molecule has 8 heteroatoms. The number of rotatable bonds is 4. The summed E-state index contributed by atoms with van der Waals surface area (Å²) >= 11 is 0. The van der Waals surface area contributed by atoms with Crippen molar-refractivity contribution in [2.75, 3.05) is 10.6 Å². The van der Waals surface area contributed by atoms with E-state index in [-0.39, 0.29) is 5.91 Å². The van der Waals surface area contributed by atoms with Crippen LogP contribution in [0.1, 0.15) is 21.7 Å². The lowest BCUT2D eigenvalue weighted by molar-refractivity contribution is 0.102. The van der Waals surface area contributed by atoms with E-state index in [4.69, 9.17) is 5.73 Å². The van der Waals surface area contributed by atoms with Crippen molar-refractivity contribution >= 4 is 23.3 Å². The fourth-order valence-corrected chi connectivity index (χ4v) is 2.50. The van der Waals surface area contributed by atoms with E-state index in [1.165, 1.54) is 0 Å². The first-order valence-corrected chi connectivity index (χ1v) is 7.90. The molecule has 2 aromatic heterocycles. The second-order valence-corrected chi connectivity index (χ2v) is 5.76. The van der Waals surface area contributed by atoms with Gasteiger partial charge in [0.15, 0.2) is 5.82 Å². The van der Waals surface area contributed by atoms with Gasteiger partial charge in [-0.2, -0.15) is 5.10 Å². The maximum atomic E-state index is 12.3. The van der Waals surface area contributed by atoms with Crippen molar-refractivity contribution in [3.05, 3.63) is 65.6 Å². The van der Waals surface area contributed by atoms with Gasteiger partial charge in [0.2, 0.25) is 0 Å². The van der Waals surface area contributed by atoms with Gasteiger partial charge in [-0.1, -0.05) is 0 Å². The Morgan fingerprint density at radius 3 is 2.23 bits per heavy atom. The van der Waals surface area contributed by atoms with Crippen molar-refractivity contribution in [2.45, 2.75) is 13.8 Å². The van der Waals surface area contributed by atoms with Crippen LogP contribution in [0.15, 0.2) is 48.7 Å². The van der Waals surface area contributed by atoms with Crippen molar-refractivity contribution in [1.82, 2.24) is 14.8 Å². The molecule has 8 nitrogen and oxygen atoms in total. The highest BCUT2D eigenvalue weighted by atomic mass is 16.2. The molecule has 0 spiro atoms.